The van der Waals surface area contributed by atoms with Crippen molar-refractivity contribution in [3.63, 3.8) is 0 Å². The zero-order valence-electron chi connectivity index (χ0n) is 45.1. The Bertz CT molecular complexity index is 4240. The highest BCUT2D eigenvalue weighted by Crippen LogP contribution is 2.53. The lowest BCUT2D eigenvalue weighted by Gasteiger charge is -2.35. The van der Waals surface area contributed by atoms with Gasteiger partial charge in [-0.15, -0.1) is 0 Å². The van der Waals surface area contributed by atoms with Gasteiger partial charge in [-0.2, -0.15) is 0 Å². The van der Waals surface area contributed by atoms with Crippen LogP contribution in [0.5, 0.6) is 0 Å². The van der Waals surface area contributed by atoms with Gasteiger partial charge in [0.15, 0.2) is 0 Å². The monoisotopic (exact) mass is 958 g/mol. The highest BCUT2D eigenvalue weighted by molar-refractivity contribution is 6.91. The maximum absolute atomic E-state index is 2.77. The van der Waals surface area contributed by atoms with Gasteiger partial charge in [-0.1, -0.05) is 180 Å². The number of hydrogen-bond donors (Lipinski definition) is 0. The molecule has 0 aliphatic carbocycles. The first-order valence-corrected chi connectivity index (χ1v) is 26.9. The van der Waals surface area contributed by atoms with Gasteiger partial charge >= 0.3 is 6.85 Å². The van der Waals surface area contributed by atoms with E-state index < -0.39 is 0 Å². The molecule has 14 rings (SSSR count). The van der Waals surface area contributed by atoms with Crippen molar-refractivity contribution in [2.24, 2.45) is 0 Å². The molecule has 74 heavy (non-hydrogen) atoms. The second kappa shape index (κ2) is 15.0. The van der Waals surface area contributed by atoms with E-state index in [0.717, 1.165) is 11.4 Å². The second-order valence-corrected chi connectivity index (χ2v) is 25.9. The minimum Gasteiger partial charge on any atom is -0.375 e. The third kappa shape index (κ3) is 6.39. The van der Waals surface area contributed by atoms with E-state index in [1.165, 1.54) is 132 Å². The number of benzene rings is 9. The van der Waals surface area contributed by atoms with Crippen LogP contribution in [0.4, 0.5) is 17.1 Å². The van der Waals surface area contributed by atoms with Gasteiger partial charge in [-0.25, -0.2) is 0 Å². The van der Waals surface area contributed by atoms with Gasteiger partial charge in [0.05, 0.1) is 22.2 Å². The van der Waals surface area contributed by atoms with Crippen LogP contribution in [0.3, 0.4) is 0 Å². The first-order valence-electron chi connectivity index (χ1n) is 26.9. The Labute approximate surface area is 436 Å². The van der Waals surface area contributed by atoms with Crippen LogP contribution in [0.1, 0.15) is 105 Å². The highest BCUT2D eigenvalue weighted by Gasteiger charge is 2.44. The second-order valence-electron chi connectivity index (χ2n) is 25.9. The molecule has 0 N–H and O–H groups in total. The predicted octanol–water partition coefficient (Wildman–Crippen LogP) is 17.9. The Balaban J connectivity index is 1.22. The Kier molecular flexibility index (Phi) is 9.16. The molecule has 9 aromatic carbocycles. The van der Waals surface area contributed by atoms with Crippen molar-refractivity contribution in [1.29, 1.82) is 0 Å². The van der Waals surface area contributed by atoms with Crippen molar-refractivity contribution in [2.45, 2.75) is 105 Å². The summed E-state index contributed by atoms with van der Waals surface area (Å²) in [5.41, 5.74) is 25.6. The third-order valence-electron chi connectivity index (χ3n) is 17.0. The van der Waals surface area contributed by atoms with Crippen LogP contribution in [0.15, 0.2) is 170 Å². The van der Waals surface area contributed by atoms with Crippen LogP contribution in [0, 0.1) is 0 Å². The van der Waals surface area contributed by atoms with E-state index in [4.69, 9.17) is 0 Å². The standard InChI is InChI=1S/C70H64BN3/c1-67(2,3)45-23-28-49(29-24-45)72(50-30-25-46(26-31-50)68(4,5)6)60-40-52-56-39-48(70(10,11)12)38-55-51-37-47(69(7,8)9)27-32-59(51)74(64(55)56)71-58-36-44(42-21-17-14-18-22-42)34-54-53-33-43(41-19-15-13-16-20-41)35-57-61(60)66(62(52)71)73(63(53)57)65(54)58/h13-40H,1-12H3. The summed E-state index contributed by atoms with van der Waals surface area (Å²) in [6.45, 7) is 28.0. The zero-order valence-corrected chi connectivity index (χ0v) is 45.1. The van der Waals surface area contributed by atoms with E-state index in [-0.39, 0.29) is 28.5 Å². The topological polar surface area (TPSA) is 12.6 Å². The van der Waals surface area contributed by atoms with Crippen LogP contribution >= 0.6 is 0 Å². The first-order chi connectivity index (χ1) is 35.2. The minimum absolute atomic E-state index is 0.0111. The molecule has 2 aliphatic heterocycles. The molecular formula is C70H64BN3. The molecule has 12 aromatic rings. The van der Waals surface area contributed by atoms with E-state index in [1.807, 2.05) is 0 Å². The molecule has 0 fully saturated rings. The van der Waals surface area contributed by atoms with Gasteiger partial charge in [-0.05, 0) is 155 Å². The number of anilines is 3. The number of fused-ring (bicyclic) bond motifs is 8. The SMILES string of the molecule is CC(C)(C)c1ccc(N(c2ccc(C(C)(C)C)cc2)c2cc3c4c5c2c2cc(-c6ccccc6)cc6c7cc(-c8ccccc8)cc(c7n5c62)B4n2c4ccc(C(C)(C)C)cc4c4cc(C(C)(C)C)cc-3c42)cc1. The largest absolute Gasteiger partial charge is 0.375 e. The van der Waals surface area contributed by atoms with E-state index in [9.17, 15) is 0 Å². The fourth-order valence-electron chi connectivity index (χ4n) is 13.0. The van der Waals surface area contributed by atoms with Crippen LogP contribution in [0.25, 0.3) is 93.3 Å². The van der Waals surface area contributed by atoms with Gasteiger partial charge in [0, 0.05) is 60.3 Å². The van der Waals surface area contributed by atoms with Crippen LogP contribution in [-0.2, 0) is 21.7 Å². The summed E-state index contributed by atoms with van der Waals surface area (Å²) in [7, 11) is 0. The van der Waals surface area contributed by atoms with Crippen molar-refractivity contribution >= 4 is 94.7 Å². The average molecular weight is 958 g/mol. The molecule has 4 heteroatoms. The third-order valence-corrected chi connectivity index (χ3v) is 17.0. The smallest absolute Gasteiger partial charge is 0.333 e. The van der Waals surface area contributed by atoms with Gasteiger partial charge in [-0.3, -0.25) is 0 Å². The van der Waals surface area contributed by atoms with Crippen LogP contribution in [0.2, 0.25) is 0 Å². The first kappa shape index (κ1) is 45.1. The highest BCUT2D eigenvalue weighted by atomic mass is 15.1. The molecule has 3 nitrogen and oxygen atoms in total. The maximum Gasteiger partial charge on any atom is 0.333 e. The number of hydrogen-bond acceptors (Lipinski definition) is 1. The minimum atomic E-state index is -0.0932. The van der Waals surface area contributed by atoms with E-state index in [0.29, 0.717) is 0 Å². The summed E-state index contributed by atoms with van der Waals surface area (Å²) in [6.07, 6.45) is 0. The van der Waals surface area contributed by atoms with Crippen molar-refractivity contribution in [1.82, 2.24) is 8.88 Å². The molecule has 2 aliphatic rings. The van der Waals surface area contributed by atoms with Crippen LogP contribution < -0.4 is 15.8 Å². The van der Waals surface area contributed by atoms with Crippen molar-refractivity contribution < 1.29 is 0 Å². The Hall–Kier alpha value is -7.56. The number of nitrogens with zero attached hydrogens (tertiary/aromatic N) is 3. The molecule has 5 heterocycles. The molecule has 3 aromatic heterocycles. The number of aromatic nitrogens is 2. The van der Waals surface area contributed by atoms with Gasteiger partial charge in [0.2, 0.25) is 0 Å². The molecule has 362 valence electrons. The zero-order chi connectivity index (χ0) is 51.1. The Morgan fingerprint density at radius 2 is 0.851 bits per heavy atom. The molecule has 0 saturated carbocycles. The molecule has 0 radical (unpaired) electrons. The van der Waals surface area contributed by atoms with Crippen LogP contribution in [-0.4, -0.2) is 15.7 Å². The molecule has 0 bridgehead atoms. The fourth-order valence-corrected chi connectivity index (χ4v) is 13.0. The fraction of sp³-hybridized carbons (Fsp3) is 0.229. The molecule has 0 atom stereocenters. The lowest BCUT2D eigenvalue weighted by atomic mass is 9.45. The molecule has 0 saturated heterocycles. The summed E-state index contributed by atoms with van der Waals surface area (Å²) in [5, 5.41) is 7.85. The van der Waals surface area contributed by atoms with E-state index in [1.54, 1.807) is 0 Å². The van der Waals surface area contributed by atoms with E-state index in [2.05, 4.69) is 267 Å². The van der Waals surface area contributed by atoms with Gasteiger partial charge < -0.3 is 13.8 Å². The predicted molar refractivity (Wildman–Crippen MR) is 320 cm³/mol. The van der Waals surface area contributed by atoms with Gasteiger partial charge in [0.1, 0.15) is 0 Å². The summed E-state index contributed by atoms with van der Waals surface area (Å²) in [4.78, 5) is 2.59. The quantitative estimate of drug-likeness (QED) is 0.157. The summed E-state index contributed by atoms with van der Waals surface area (Å²) >= 11 is 0. The van der Waals surface area contributed by atoms with Crippen molar-refractivity contribution in [3.05, 3.63) is 192 Å². The van der Waals surface area contributed by atoms with Crippen molar-refractivity contribution in [3.8, 4) is 33.4 Å². The summed E-state index contributed by atoms with van der Waals surface area (Å²) in [6, 6.07) is 66.1. The molecule has 0 spiro atoms. The lowest BCUT2D eigenvalue weighted by molar-refractivity contribution is 0.590. The molecule has 0 amide bonds. The van der Waals surface area contributed by atoms with Crippen molar-refractivity contribution in [2.75, 3.05) is 4.90 Å². The van der Waals surface area contributed by atoms with Gasteiger partial charge in [0.25, 0.3) is 0 Å². The Morgan fingerprint density at radius 3 is 1.41 bits per heavy atom. The Morgan fingerprint density at radius 1 is 0.365 bits per heavy atom. The molecule has 0 unspecified atom stereocenters. The maximum atomic E-state index is 2.77. The molecular weight excluding hydrogens is 894 g/mol. The normalized spacial score (nSPS) is 13.6. The summed E-state index contributed by atoms with van der Waals surface area (Å²) in [5.74, 6) is 0. The summed E-state index contributed by atoms with van der Waals surface area (Å²) < 4.78 is 5.49. The lowest BCUT2D eigenvalue weighted by Crippen LogP contribution is -2.54. The average Bonchev–Trinajstić information content (AvgIpc) is 4.20. The number of rotatable bonds is 5. The van der Waals surface area contributed by atoms with E-state index >= 15 is 0 Å².